The lowest BCUT2D eigenvalue weighted by Crippen LogP contribution is -2.36. The van der Waals surface area contributed by atoms with Crippen molar-refractivity contribution in [1.82, 2.24) is 4.98 Å². The van der Waals surface area contributed by atoms with E-state index in [1.165, 1.54) is 4.31 Å². The van der Waals surface area contributed by atoms with Gasteiger partial charge in [0.15, 0.2) is 5.82 Å². The van der Waals surface area contributed by atoms with Crippen LogP contribution in [0.1, 0.15) is 26.3 Å². The molecule has 3 rings (SSSR count). The van der Waals surface area contributed by atoms with E-state index in [2.05, 4.69) is 20.8 Å². The number of hydrogen-bond acceptors (Lipinski definition) is 5. The maximum absolute atomic E-state index is 10.7. The van der Waals surface area contributed by atoms with Gasteiger partial charge in [0, 0.05) is 19.2 Å². The molecule has 0 saturated carbocycles. The lowest BCUT2D eigenvalue weighted by atomic mass is 9.97. The molecule has 2 aromatic rings. The number of aromatic nitrogens is 1. The zero-order valence-electron chi connectivity index (χ0n) is 14.8. The first-order valence-corrected chi connectivity index (χ1v) is 9.44. The Hall–Kier alpha value is -1.76. The summed E-state index contributed by atoms with van der Waals surface area (Å²) in [5.74, 6) is 0.611. The van der Waals surface area contributed by atoms with Gasteiger partial charge in [-0.05, 0) is 41.0 Å². The molecule has 0 aliphatic carbocycles. The molecule has 0 bridgehead atoms. The molecule has 6 heteroatoms. The fourth-order valence-corrected chi connectivity index (χ4v) is 4.51. The Bertz CT molecular complexity index is 771. The van der Waals surface area contributed by atoms with Crippen LogP contribution in [0.4, 0.5) is 11.5 Å². The molecule has 0 amide bonds. The maximum atomic E-state index is 10.7. The molecule has 0 saturated heterocycles. The summed E-state index contributed by atoms with van der Waals surface area (Å²) in [5.41, 5.74) is 3.74. The van der Waals surface area contributed by atoms with E-state index in [0.29, 0.717) is 12.4 Å². The van der Waals surface area contributed by atoms with Crippen LogP contribution in [0.2, 0.25) is 0 Å². The van der Waals surface area contributed by atoms with Gasteiger partial charge < -0.3 is 0 Å². The van der Waals surface area contributed by atoms with Crippen molar-refractivity contribution in [1.29, 1.82) is 0 Å². The second-order valence-corrected chi connectivity index (χ2v) is 9.41. The number of hydrogen-bond donors (Lipinski definition) is 2. The van der Waals surface area contributed by atoms with Crippen molar-refractivity contribution in [2.24, 2.45) is 5.41 Å². The molecule has 5 nitrogen and oxygen atoms in total. The largest absolute Gasteiger partial charge is 0.264 e. The minimum absolute atomic E-state index is 0.0686. The number of fused-ring (bicyclic) bond motifs is 1. The zero-order chi connectivity index (χ0) is 17.7. The Morgan fingerprint density at radius 1 is 1.08 bits per heavy atom. The van der Waals surface area contributed by atoms with Gasteiger partial charge in [0.05, 0.1) is 5.69 Å². The van der Waals surface area contributed by atoms with Gasteiger partial charge in [-0.25, -0.2) is 13.6 Å². The van der Waals surface area contributed by atoms with Crippen molar-refractivity contribution in [2.45, 2.75) is 27.7 Å². The highest BCUT2D eigenvalue weighted by molar-refractivity contribution is 8.26. The number of pyridine rings is 1. The predicted molar refractivity (Wildman–Crippen MR) is 102 cm³/mol. The fraction of sp³-hybridized carbons (Fsp3) is 0.389. The number of aryl methyl sites for hydroxylation is 1. The number of benzene rings is 1. The molecule has 130 valence electrons. The third-order valence-corrected chi connectivity index (χ3v) is 5.95. The molecule has 0 spiro atoms. The van der Waals surface area contributed by atoms with Crippen LogP contribution in [0.5, 0.6) is 0 Å². The van der Waals surface area contributed by atoms with Crippen LogP contribution in [0.15, 0.2) is 36.4 Å². The maximum Gasteiger partial charge on any atom is 0.174 e. The van der Waals surface area contributed by atoms with Gasteiger partial charge in [-0.2, -0.15) is 0 Å². The summed E-state index contributed by atoms with van der Waals surface area (Å²) in [5, 5.41) is 0. The molecule has 0 radical (unpaired) electrons. The van der Waals surface area contributed by atoms with E-state index in [4.69, 9.17) is 4.98 Å². The van der Waals surface area contributed by atoms with E-state index in [-0.39, 0.29) is 5.41 Å². The summed E-state index contributed by atoms with van der Waals surface area (Å²) in [7, 11) is -1.38. The molecule has 0 unspecified atom stereocenters. The van der Waals surface area contributed by atoms with Crippen LogP contribution in [-0.4, -0.2) is 27.7 Å². The molecule has 1 aliphatic rings. The highest BCUT2D eigenvalue weighted by atomic mass is 32.3. The Morgan fingerprint density at radius 3 is 2.38 bits per heavy atom. The van der Waals surface area contributed by atoms with Crippen molar-refractivity contribution >= 4 is 22.5 Å². The molecule has 1 aromatic carbocycles. The first kappa shape index (κ1) is 17.1. The molecule has 2 heterocycles. The minimum atomic E-state index is -3.06. The summed E-state index contributed by atoms with van der Waals surface area (Å²) in [6.07, 6.45) is 0. The quantitative estimate of drug-likeness (QED) is 0.806. The summed E-state index contributed by atoms with van der Waals surface area (Å²) in [4.78, 5) is 4.73. The summed E-state index contributed by atoms with van der Waals surface area (Å²) < 4.78 is 24.5. The first-order chi connectivity index (χ1) is 11.1. The number of anilines is 2. The van der Waals surface area contributed by atoms with E-state index in [0.717, 1.165) is 22.5 Å². The van der Waals surface area contributed by atoms with Crippen LogP contribution in [0, 0.1) is 12.3 Å². The van der Waals surface area contributed by atoms with Crippen LogP contribution in [0.3, 0.4) is 0 Å². The Labute approximate surface area is 145 Å². The van der Waals surface area contributed by atoms with E-state index < -0.39 is 11.0 Å². The van der Waals surface area contributed by atoms with Crippen molar-refractivity contribution in [3.63, 3.8) is 0 Å². The van der Waals surface area contributed by atoms with E-state index in [9.17, 15) is 9.11 Å². The average Bonchev–Trinajstić information content (AvgIpc) is 2.67. The molecule has 1 aliphatic heterocycles. The van der Waals surface area contributed by atoms with Crippen molar-refractivity contribution in [2.75, 3.05) is 22.2 Å². The highest BCUT2D eigenvalue weighted by Gasteiger charge is 2.41. The average molecular weight is 347 g/mol. The van der Waals surface area contributed by atoms with Crippen molar-refractivity contribution in [3.8, 4) is 11.3 Å². The molecule has 2 N–H and O–H groups in total. The van der Waals surface area contributed by atoms with Crippen LogP contribution < -0.4 is 8.61 Å². The Morgan fingerprint density at radius 2 is 1.75 bits per heavy atom. The highest BCUT2D eigenvalue weighted by Crippen LogP contribution is 2.60. The van der Waals surface area contributed by atoms with E-state index >= 15 is 0 Å². The second kappa shape index (κ2) is 5.65. The van der Waals surface area contributed by atoms with Crippen molar-refractivity contribution < 1.29 is 9.11 Å². The van der Waals surface area contributed by atoms with Gasteiger partial charge in [-0.15, -0.1) is 0 Å². The van der Waals surface area contributed by atoms with Gasteiger partial charge in [-0.3, -0.25) is 9.11 Å². The van der Waals surface area contributed by atoms with Crippen LogP contribution in [-0.2, 0) is 0 Å². The Kier molecular flexibility index (Phi) is 4.02. The predicted octanol–water partition coefficient (Wildman–Crippen LogP) is 4.94. The molecule has 0 fully saturated rings. The van der Waals surface area contributed by atoms with Gasteiger partial charge in [-0.1, -0.05) is 45.0 Å². The number of rotatable bonds is 2. The molecule has 24 heavy (non-hydrogen) atoms. The van der Waals surface area contributed by atoms with Crippen LogP contribution >= 0.6 is 11.0 Å². The van der Waals surface area contributed by atoms with Gasteiger partial charge in [0.2, 0.25) is 0 Å². The topological polar surface area (TPSA) is 59.8 Å². The molecular weight excluding hydrogens is 322 g/mol. The fourth-order valence-electron chi connectivity index (χ4n) is 2.88. The lowest BCUT2D eigenvalue weighted by Gasteiger charge is -2.44. The second-order valence-electron chi connectivity index (χ2n) is 7.44. The normalized spacial score (nSPS) is 17.8. The van der Waals surface area contributed by atoms with Gasteiger partial charge >= 0.3 is 0 Å². The van der Waals surface area contributed by atoms with E-state index in [1.54, 1.807) is 11.4 Å². The third-order valence-electron chi connectivity index (χ3n) is 4.12. The molecule has 0 atom stereocenters. The smallest absolute Gasteiger partial charge is 0.174 e. The molecule has 1 aromatic heterocycles. The van der Waals surface area contributed by atoms with Crippen LogP contribution in [0.25, 0.3) is 11.3 Å². The number of nitrogens with zero attached hydrogens (tertiary/aromatic N) is 3. The van der Waals surface area contributed by atoms with Gasteiger partial charge in [0.25, 0.3) is 0 Å². The summed E-state index contributed by atoms with van der Waals surface area (Å²) in [6, 6.07) is 12.0. The summed E-state index contributed by atoms with van der Waals surface area (Å²) >= 11 is 0. The lowest BCUT2D eigenvalue weighted by molar-refractivity contribution is 0.412. The minimum Gasteiger partial charge on any atom is -0.264 e. The first-order valence-electron chi connectivity index (χ1n) is 7.98. The van der Waals surface area contributed by atoms with Gasteiger partial charge in [0.1, 0.15) is 5.69 Å². The summed E-state index contributed by atoms with van der Waals surface area (Å²) in [6.45, 7) is 8.83. The van der Waals surface area contributed by atoms with E-state index in [1.807, 2.05) is 43.3 Å². The van der Waals surface area contributed by atoms with Crippen molar-refractivity contribution in [3.05, 3.63) is 42.0 Å². The molecular formula is C18H25N3O2S. The zero-order valence-corrected chi connectivity index (χ0v) is 15.6. The monoisotopic (exact) mass is 347 g/mol. The third kappa shape index (κ3) is 2.85. The Balaban J connectivity index is 2.08. The standard InChI is InChI=1S/C18H25N3O2S/c1-13-8-6-7-9-14(13)15-10-11-16-17(19-15)20(5)24(22,23)21(16)12-18(2,3)4/h6-11,22-23H,12H2,1-5H3. The SMILES string of the molecule is Cc1ccccc1-c1ccc2c(n1)N(C)S(O)(O)N2CC(C)(C)C.